The zero-order chi connectivity index (χ0) is 14.1. The maximum atomic E-state index is 14.4. The molecule has 2 aromatic carbocycles. The number of benzene rings is 2. The molecular formula is C17H14FNS. The Bertz CT molecular complexity index is 703. The third-order valence-corrected chi connectivity index (χ3v) is 4.94. The normalized spacial score (nSPS) is 17.4. The van der Waals surface area contributed by atoms with E-state index in [9.17, 15) is 4.39 Å². The molecule has 100 valence electrons. The zero-order valence-electron chi connectivity index (χ0n) is 11.2. The molecule has 1 aliphatic rings. The van der Waals surface area contributed by atoms with Crippen LogP contribution in [0.4, 0.5) is 4.39 Å². The minimum atomic E-state index is -0.344. The maximum absolute atomic E-state index is 14.4. The van der Waals surface area contributed by atoms with E-state index in [0.29, 0.717) is 11.3 Å². The predicted octanol–water partition coefficient (Wildman–Crippen LogP) is 4.65. The van der Waals surface area contributed by atoms with Crippen molar-refractivity contribution in [1.82, 2.24) is 0 Å². The SMILES string of the molecule is CC1Cc2ccccc2SCc2c1ccc(C#N)c2F. The molecule has 0 radical (unpaired) electrons. The van der Waals surface area contributed by atoms with Crippen LogP contribution >= 0.6 is 11.8 Å². The summed E-state index contributed by atoms with van der Waals surface area (Å²) in [5.74, 6) is 0.496. The van der Waals surface area contributed by atoms with Crippen molar-refractivity contribution in [2.24, 2.45) is 0 Å². The lowest BCUT2D eigenvalue weighted by Crippen LogP contribution is -2.09. The molecule has 20 heavy (non-hydrogen) atoms. The number of rotatable bonds is 0. The van der Waals surface area contributed by atoms with Crippen molar-refractivity contribution in [3.63, 3.8) is 0 Å². The molecule has 0 saturated carbocycles. The van der Waals surface area contributed by atoms with Crippen molar-refractivity contribution in [2.45, 2.75) is 29.9 Å². The molecule has 0 N–H and O–H groups in total. The average molecular weight is 283 g/mol. The Morgan fingerprint density at radius 3 is 2.85 bits per heavy atom. The van der Waals surface area contributed by atoms with Crippen molar-refractivity contribution in [3.05, 3.63) is 64.5 Å². The summed E-state index contributed by atoms with van der Waals surface area (Å²) in [5.41, 5.74) is 3.19. The van der Waals surface area contributed by atoms with Gasteiger partial charge in [0.15, 0.2) is 0 Å². The third-order valence-electron chi connectivity index (χ3n) is 3.80. The van der Waals surface area contributed by atoms with E-state index in [1.807, 2.05) is 24.3 Å². The highest BCUT2D eigenvalue weighted by Gasteiger charge is 2.21. The van der Waals surface area contributed by atoms with Crippen LogP contribution in [0.2, 0.25) is 0 Å². The van der Waals surface area contributed by atoms with E-state index in [4.69, 9.17) is 5.26 Å². The van der Waals surface area contributed by atoms with E-state index < -0.39 is 0 Å². The fourth-order valence-corrected chi connectivity index (χ4v) is 3.84. The molecule has 1 nitrogen and oxygen atoms in total. The Hall–Kier alpha value is -1.79. The standard InChI is InChI=1S/C17H14FNS/c1-11-8-12-4-2-3-5-16(12)20-10-15-14(11)7-6-13(9-19)17(15)18/h2-7,11H,8,10H2,1H3. The summed E-state index contributed by atoms with van der Waals surface area (Å²) in [5, 5.41) is 8.97. The molecule has 3 heteroatoms. The second-order valence-electron chi connectivity index (χ2n) is 5.11. The van der Waals surface area contributed by atoms with Crippen LogP contribution < -0.4 is 0 Å². The second kappa shape index (κ2) is 5.30. The van der Waals surface area contributed by atoms with E-state index in [1.54, 1.807) is 17.8 Å². The maximum Gasteiger partial charge on any atom is 0.145 e. The molecule has 0 aliphatic carbocycles. The fraction of sp³-hybridized carbons (Fsp3) is 0.235. The van der Waals surface area contributed by atoms with Gasteiger partial charge in [-0.3, -0.25) is 0 Å². The minimum Gasteiger partial charge on any atom is -0.205 e. The van der Waals surface area contributed by atoms with Crippen LogP contribution in [0.25, 0.3) is 0 Å². The summed E-state index contributed by atoms with van der Waals surface area (Å²) in [6.45, 7) is 2.12. The lowest BCUT2D eigenvalue weighted by atomic mass is 9.89. The van der Waals surface area contributed by atoms with Crippen molar-refractivity contribution in [2.75, 3.05) is 0 Å². The lowest BCUT2D eigenvalue weighted by molar-refractivity contribution is 0.603. The van der Waals surface area contributed by atoms with Crippen LogP contribution in [-0.2, 0) is 12.2 Å². The van der Waals surface area contributed by atoms with Gasteiger partial charge in [-0.15, -0.1) is 11.8 Å². The molecule has 0 amide bonds. The van der Waals surface area contributed by atoms with Crippen molar-refractivity contribution in [1.29, 1.82) is 5.26 Å². The first-order valence-corrected chi connectivity index (χ1v) is 7.61. The van der Waals surface area contributed by atoms with Gasteiger partial charge in [-0.05, 0) is 35.6 Å². The van der Waals surface area contributed by atoms with Crippen LogP contribution in [-0.4, -0.2) is 0 Å². The van der Waals surface area contributed by atoms with Crippen LogP contribution in [0.15, 0.2) is 41.3 Å². The molecule has 3 rings (SSSR count). The predicted molar refractivity (Wildman–Crippen MR) is 79.2 cm³/mol. The van der Waals surface area contributed by atoms with Gasteiger partial charge in [-0.1, -0.05) is 31.2 Å². The summed E-state index contributed by atoms with van der Waals surface area (Å²) in [4.78, 5) is 1.21. The molecule has 0 saturated heterocycles. The van der Waals surface area contributed by atoms with Crippen LogP contribution in [0.1, 0.15) is 35.1 Å². The van der Waals surface area contributed by atoms with E-state index in [2.05, 4.69) is 19.1 Å². The van der Waals surface area contributed by atoms with Crippen LogP contribution in [0, 0.1) is 17.1 Å². The Morgan fingerprint density at radius 1 is 1.25 bits per heavy atom. The van der Waals surface area contributed by atoms with E-state index in [0.717, 1.165) is 12.0 Å². The molecular weight excluding hydrogens is 269 g/mol. The lowest BCUT2D eigenvalue weighted by Gasteiger charge is -2.22. The summed E-state index contributed by atoms with van der Waals surface area (Å²) in [6.07, 6.45) is 0.904. The fourth-order valence-electron chi connectivity index (χ4n) is 2.73. The molecule has 2 aromatic rings. The molecule has 0 bridgehead atoms. The topological polar surface area (TPSA) is 23.8 Å². The molecule has 0 aromatic heterocycles. The number of nitriles is 1. The summed E-state index contributed by atoms with van der Waals surface area (Å²) >= 11 is 1.65. The number of nitrogens with zero attached hydrogens (tertiary/aromatic N) is 1. The first kappa shape index (κ1) is 13.2. The summed E-state index contributed by atoms with van der Waals surface area (Å²) < 4.78 is 14.4. The number of hydrogen-bond acceptors (Lipinski definition) is 2. The first-order valence-electron chi connectivity index (χ1n) is 6.62. The molecule has 1 heterocycles. The van der Waals surface area contributed by atoms with Gasteiger partial charge < -0.3 is 0 Å². The van der Waals surface area contributed by atoms with E-state index in [-0.39, 0.29) is 17.3 Å². The van der Waals surface area contributed by atoms with E-state index in [1.165, 1.54) is 10.5 Å². The minimum absolute atomic E-state index is 0.144. The smallest absolute Gasteiger partial charge is 0.145 e. The van der Waals surface area contributed by atoms with Gasteiger partial charge in [-0.25, -0.2) is 4.39 Å². The Morgan fingerprint density at radius 2 is 2.05 bits per heavy atom. The summed E-state index contributed by atoms with van der Waals surface area (Å²) in [7, 11) is 0. The van der Waals surface area contributed by atoms with Gasteiger partial charge in [-0.2, -0.15) is 5.26 Å². The highest BCUT2D eigenvalue weighted by Crippen LogP contribution is 2.37. The van der Waals surface area contributed by atoms with Gasteiger partial charge in [0.2, 0.25) is 0 Å². The molecule has 0 spiro atoms. The summed E-state index contributed by atoms with van der Waals surface area (Å²) in [6, 6.07) is 13.7. The number of halogens is 1. The van der Waals surface area contributed by atoms with Crippen LogP contribution in [0.3, 0.4) is 0 Å². The van der Waals surface area contributed by atoms with Gasteiger partial charge in [0.05, 0.1) is 5.56 Å². The van der Waals surface area contributed by atoms with Gasteiger partial charge in [0.1, 0.15) is 11.9 Å². The first-order chi connectivity index (χ1) is 9.70. The molecule has 0 fully saturated rings. The highest BCUT2D eigenvalue weighted by molar-refractivity contribution is 7.98. The Labute approximate surface area is 122 Å². The highest BCUT2D eigenvalue weighted by atomic mass is 32.2. The molecule has 1 atom stereocenters. The quantitative estimate of drug-likeness (QED) is 0.702. The number of thioether (sulfide) groups is 1. The average Bonchev–Trinajstić information content (AvgIpc) is 2.45. The second-order valence-corrected chi connectivity index (χ2v) is 6.13. The van der Waals surface area contributed by atoms with Gasteiger partial charge in [0, 0.05) is 16.2 Å². The number of hydrogen-bond donors (Lipinski definition) is 0. The van der Waals surface area contributed by atoms with Crippen molar-refractivity contribution >= 4 is 11.8 Å². The van der Waals surface area contributed by atoms with Gasteiger partial charge in [0.25, 0.3) is 0 Å². The zero-order valence-corrected chi connectivity index (χ0v) is 12.0. The monoisotopic (exact) mass is 283 g/mol. The Kier molecular flexibility index (Phi) is 3.50. The third kappa shape index (κ3) is 2.21. The largest absolute Gasteiger partial charge is 0.205 e. The molecule has 1 unspecified atom stereocenters. The van der Waals surface area contributed by atoms with Crippen molar-refractivity contribution < 1.29 is 4.39 Å². The van der Waals surface area contributed by atoms with Crippen LogP contribution in [0.5, 0.6) is 0 Å². The van der Waals surface area contributed by atoms with Gasteiger partial charge >= 0.3 is 0 Å². The Balaban J connectivity index is 2.10. The molecule has 1 aliphatic heterocycles. The van der Waals surface area contributed by atoms with Crippen molar-refractivity contribution in [3.8, 4) is 6.07 Å². The number of fused-ring (bicyclic) bond motifs is 2. The van der Waals surface area contributed by atoms with E-state index >= 15 is 0 Å².